The number of aromatic nitrogens is 1. The van der Waals surface area contributed by atoms with Crippen molar-refractivity contribution in [2.45, 2.75) is 26.1 Å². The summed E-state index contributed by atoms with van der Waals surface area (Å²) in [5, 5.41) is 18.5. The Balaban J connectivity index is 0.00000210. The molecule has 1 heterocycles. The van der Waals surface area contributed by atoms with Crippen LogP contribution < -0.4 is 10.6 Å². The van der Waals surface area contributed by atoms with Crippen molar-refractivity contribution in [2.24, 2.45) is 0 Å². The molecule has 0 saturated heterocycles. The van der Waals surface area contributed by atoms with Gasteiger partial charge in [0.05, 0.1) is 6.10 Å². The van der Waals surface area contributed by atoms with Crippen LogP contribution in [-0.2, 0) is 13.1 Å². The highest BCUT2D eigenvalue weighted by Crippen LogP contribution is 2.26. The zero-order valence-electron chi connectivity index (χ0n) is 16.2. The topological polar surface area (TPSA) is 49.2 Å². The first kappa shape index (κ1) is 26.1. The number of para-hydroxylation sites is 1. The number of halogens is 4. The Labute approximate surface area is 194 Å². The number of nitrogens with zero attached hydrogens (tertiary/aromatic N) is 1. The standard InChI is InChI=1S/C21H25Cl2N3O.2ClH/c1-15(27)11-24-8-9-25-12-17-14-26(21-5-3-2-4-19(17)21)13-16-6-7-18(22)10-20(16)23;;/h2-7,10,14-15,24-25,27H,8-9,11-13H2,1H3;2*1H. The minimum absolute atomic E-state index is 0. The number of nitrogens with one attached hydrogen (secondary N) is 2. The molecular formula is C21H27Cl4N3O. The summed E-state index contributed by atoms with van der Waals surface area (Å²) in [6.07, 6.45) is 1.87. The quantitative estimate of drug-likeness (QED) is 0.383. The van der Waals surface area contributed by atoms with Gasteiger partial charge in [0.25, 0.3) is 0 Å². The average molecular weight is 479 g/mol. The van der Waals surface area contributed by atoms with Gasteiger partial charge in [-0.1, -0.05) is 47.5 Å². The lowest BCUT2D eigenvalue weighted by molar-refractivity contribution is 0.191. The smallest absolute Gasteiger partial charge is 0.0636 e. The van der Waals surface area contributed by atoms with Gasteiger partial charge >= 0.3 is 0 Å². The summed E-state index contributed by atoms with van der Waals surface area (Å²) < 4.78 is 2.23. The van der Waals surface area contributed by atoms with Crippen LogP contribution in [0.25, 0.3) is 10.9 Å². The molecule has 0 fully saturated rings. The van der Waals surface area contributed by atoms with Gasteiger partial charge in [-0.05, 0) is 36.2 Å². The fraction of sp³-hybridized carbons (Fsp3) is 0.333. The third-order valence-electron chi connectivity index (χ3n) is 4.46. The van der Waals surface area contributed by atoms with Crippen molar-refractivity contribution < 1.29 is 5.11 Å². The Kier molecular flexibility index (Phi) is 11.4. The number of benzene rings is 2. The van der Waals surface area contributed by atoms with Gasteiger partial charge in [0.1, 0.15) is 0 Å². The normalized spacial score (nSPS) is 11.7. The molecule has 3 N–H and O–H groups in total. The molecule has 3 rings (SSSR count). The second-order valence-corrected chi connectivity index (χ2v) is 7.61. The van der Waals surface area contributed by atoms with E-state index in [-0.39, 0.29) is 30.9 Å². The number of hydrogen-bond donors (Lipinski definition) is 3. The third kappa shape index (κ3) is 7.34. The highest BCUT2D eigenvalue weighted by molar-refractivity contribution is 6.35. The van der Waals surface area contributed by atoms with Crippen molar-refractivity contribution in [3.05, 3.63) is 69.8 Å². The Morgan fingerprint density at radius 2 is 1.72 bits per heavy atom. The second kappa shape index (κ2) is 12.7. The van der Waals surface area contributed by atoms with Crippen LogP contribution in [0.3, 0.4) is 0 Å². The Morgan fingerprint density at radius 3 is 2.45 bits per heavy atom. The zero-order chi connectivity index (χ0) is 19.2. The predicted octanol–water partition coefficient (Wildman–Crippen LogP) is 4.90. The lowest BCUT2D eigenvalue weighted by atomic mass is 10.2. The molecule has 2 aromatic carbocycles. The van der Waals surface area contributed by atoms with E-state index in [1.165, 1.54) is 16.5 Å². The molecule has 1 unspecified atom stereocenters. The largest absolute Gasteiger partial charge is 0.392 e. The van der Waals surface area contributed by atoms with E-state index in [9.17, 15) is 5.11 Å². The lowest BCUT2D eigenvalue weighted by Crippen LogP contribution is -2.31. The van der Waals surface area contributed by atoms with Crippen molar-refractivity contribution >= 4 is 58.9 Å². The van der Waals surface area contributed by atoms with Gasteiger partial charge in [-0.15, -0.1) is 24.8 Å². The van der Waals surface area contributed by atoms with Gasteiger partial charge in [-0.25, -0.2) is 0 Å². The lowest BCUT2D eigenvalue weighted by Gasteiger charge is -2.08. The molecular weight excluding hydrogens is 452 g/mol. The average Bonchev–Trinajstić information content (AvgIpc) is 2.98. The number of rotatable bonds is 9. The first-order valence-corrected chi connectivity index (χ1v) is 9.90. The molecule has 0 aliphatic rings. The summed E-state index contributed by atoms with van der Waals surface area (Å²) in [7, 11) is 0. The number of fused-ring (bicyclic) bond motifs is 1. The molecule has 0 aliphatic heterocycles. The van der Waals surface area contributed by atoms with Gasteiger partial charge in [0, 0.05) is 59.9 Å². The Bertz CT molecular complexity index is 899. The SMILES string of the molecule is CC(O)CNCCNCc1cn(Cc2ccc(Cl)cc2Cl)c2ccccc12.Cl.Cl. The van der Waals surface area contributed by atoms with Crippen LogP contribution in [-0.4, -0.2) is 35.4 Å². The maximum Gasteiger partial charge on any atom is 0.0636 e. The predicted molar refractivity (Wildman–Crippen MR) is 128 cm³/mol. The summed E-state index contributed by atoms with van der Waals surface area (Å²) in [6.45, 7) is 5.55. The minimum Gasteiger partial charge on any atom is -0.392 e. The van der Waals surface area contributed by atoms with Crippen LogP contribution in [0, 0.1) is 0 Å². The summed E-state index contributed by atoms with van der Waals surface area (Å²) >= 11 is 12.4. The van der Waals surface area contributed by atoms with Gasteiger partial charge in [0.2, 0.25) is 0 Å². The Morgan fingerprint density at radius 1 is 1.00 bits per heavy atom. The third-order valence-corrected chi connectivity index (χ3v) is 5.05. The molecule has 0 bridgehead atoms. The molecule has 4 nitrogen and oxygen atoms in total. The fourth-order valence-corrected chi connectivity index (χ4v) is 3.61. The van der Waals surface area contributed by atoms with Gasteiger partial charge in [-0.3, -0.25) is 0 Å². The van der Waals surface area contributed by atoms with E-state index >= 15 is 0 Å². The molecule has 8 heteroatoms. The van der Waals surface area contributed by atoms with E-state index in [0.29, 0.717) is 23.1 Å². The van der Waals surface area contributed by atoms with Crippen LogP contribution in [0.1, 0.15) is 18.1 Å². The van der Waals surface area contributed by atoms with Crippen LogP contribution in [0.2, 0.25) is 10.0 Å². The highest BCUT2D eigenvalue weighted by atomic mass is 35.5. The molecule has 0 spiro atoms. The highest BCUT2D eigenvalue weighted by Gasteiger charge is 2.10. The van der Waals surface area contributed by atoms with Crippen molar-refractivity contribution in [3.63, 3.8) is 0 Å². The summed E-state index contributed by atoms with van der Waals surface area (Å²) in [6, 6.07) is 14.0. The maximum atomic E-state index is 9.26. The fourth-order valence-electron chi connectivity index (χ4n) is 3.14. The van der Waals surface area contributed by atoms with Crippen molar-refractivity contribution in [1.29, 1.82) is 0 Å². The number of hydrogen-bond acceptors (Lipinski definition) is 3. The second-order valence-electron chi connectivity index (χ2n) is 6.77. The molecule has 0 aliphatic carbocycles. The van der Waals surface area contributed by atoms with Crippen molar-refractivity contribution in [2.75, 3.05) is 19.6 Å². The first-order chi connectivity index (χ1) is 13.0. The van der Waals surface area contributed by atoms with E-state index in [2.05, 4.69) is 45.7 Å². The van der Waals surface area contributed by atoms with E-state index in [1.54, 1.807) is 13.0 Å². The van der Waals surface area contributed by atoms with Crippen molar-refractivity contribution in [3.8, 4) is 0 Å². The molecule has 1 atom stereocenters. The summed E-state index contributed by atoms with van der Waals surface area (Å²) in [5.74, 6) is 0. The maximum absolute atomic E-state index is 9.26. The van der Waals surface area contributed by atoms with E-state index in [1.807, 2.05) is 12.1 Å². The van der Waals surface area contributed by atoms with Crippen LogP contribution in [0.4, 0.5) is 0 Å². The Hall–Kier alpha value is -0.980. The molecule has 29 heavy (non-hydrogen) atoms. The van der Waals surface area contributed by atoms with E-state index in [0.717, 1.165) is 25.2 Å². The monoisotopic (exact) mass is 477 g/mol. The molecule has 160 valence electrons. The number of aliphatic hydroxyl groups is 1. The molecule has 1 aromatic heterocycles. The molecule has 0 saturated carbocycles. The van der Waals surface area contributed by atoms with Crippen LogP contribution in [0.15, 0.2) is 48.7 Å². The molecule has 0 amide bonds. The van der Waals surface area contributed by atoms with Gasteiger partial charge in [0.15, 0.2) is 0 Å². The molecule has 3 aromatic rings. The van der Waals surface area contributed by atoms with Gasteiger partial charge in [-0.2, -0.15) is 0 Å². The van der Waals surface area contributed by atoms with Gasteiger partial charge < -0.3 is 20.3 Å². The first-order valence-electron chi connectivity index (χ1n) is 9.15. The van der Waals surface area contributed by atoms with E-state index < -0.39 is 0 Å². The number of aliphatic hydroxyl groups excluding tert-OH is 1. The van der Waals surface area contributed by atoms with Crippen LogP contribution in [0.5, 0.6) is 0 Å². The molecule has 0 radical (unpaired) electrons. The van der Waals surface area contributed by atoms with Crippen molar-refractivity contribution in [1.82, 2.24) is 15.2 Å². The van der Waals surface area contributed by atoms with E-state index in [4.69, 9.17) is 23.2 Å². The zero-order valence-corrected chi connectivity index (χ0v) is 19.3. The summed E-state index contributed by atoms with van der Waals surface area (Å²) in [4.78, 5) is 0. The van der Waals surface area contributed by atoms with Crippen LogP contribution >= 0.6 is 48.0 Å². The summed E-state index contributed by atoms with van der Waals surface area (Å²) in [5.41, 5.74) is 3.49. The minimum atomic E-state index is -0.317.